The molecule has 0 amide bonds. The summed E-state index contributed by atoms with van der Waals surface area (Å²) in [5.41, 5.74) is -1.35. The average molecular weight is 249 g/mol. The van der Waals surface area contributed by atoms with Crippen molar-refractivity contribution in [1.82, 2.24) is 15.0 Å². The molecule has 0 aliphatic heterocycles. The van der Waals surface area contributed by atoms with E-state index in [1.54, 1.807) is 20.8 Å². The lowest BCUT2D eigenvalue weighted by molar-refractivity contribution is -0.145. The zero-order valence-corrected chi connectivity index (χ0v) is 10.6. The first kappa shape index (κ1) is 14.0. The molecule has 1 aromatic heterocycles. The van der Waals surface area contributed by atoms with Gasteiger partial charge in [0, 0.05) is 12.0 Å². The van der Waals surface area contributed by atoms with E-state index in [4.69, 9.17) is 0 Å². The molecule has 1 aromatic rings. The Bertz CT molecular complexity index is 374. The predicted molar refractivity (Wildman–Crippen MR) is 58.6 cm³/mol. The van der Waals surface area contributed by atoms with Crippen LogP contribution in [0.25, 0.3) is 0 Å². The van der Waals surface area contributed by atoms with Crippen molar-refractivity contribution in [3.05, 3.63) is 11.4 Å². The van der Waals surface area contributed by atoms with Crippen molar-refractivity contribution in [3.8, 4) is 0 Å². The Hall–Kier alpha value is -1.07. The Morgan fingerprint density at radius 3 is 2.18 bits per heavy atom. The molecule has 17 heavy (non-hydrogen) atoms. The Labute approximate surface area is 99.0 Å². The first-order valence-electron chi connectivity index (χ1n) is 5.69. The van der Waals surface area contributed by atoms with E-state index in [0.717, 1.165) is 11.1 Å². The lowest BCUT2D eigenvalue weighted by Crippen LogP contribution is -2.22. The summed E-state index contributed by atoms with van der Waals surface area (Å²) >= 11 is 0. The van der Waals surface area contributed by atoms with E-state index in [1.807, 2.05) is 6.92 Å². The maximum atomic E-state index is 13.0. The number of hydrogen-bond acceptors (Lipinski definition) is 2. The van der Waals surface area contributed by atoms with Crippen LogP contribution in [0.1, 0.15) is 51.9 Å². The highest BCUT2D eigenvalue weighted by molar-refractivity contribution is 5.21. The van der Waals surface area contributed by atoms with Gasteiger partial charge in [-0.15, -0.1) is 5.10 Å². The molecule has 0 saturated carbocycles. The van der Waals surface area contributed by atoms with Crippen LogP contribution >= 0.6 is 0 Å². The van der Waals surface area contributed by atoms with E-state index in [-0.39, 0.29) is 12.2 Å². The fourth-order valence-corrected chi connectivity index (χ4v) is 1.56. The van der Waals surface area contributed by atoms with Crippen LogP contribution in [-0.2, 0) is 18.1 Å². The van der Waals surface area contributed by atoms with Gasteiger partial charge in [0.25, 0.3) is 0 Å². The fraction of sp³-hybridized carbons (Fsp3) is 0.818. The Morgan fingerprint density at radius 1 is 1.18 bits per heavy atom. The van der Waals surface area contributed by atoms with Crippen molar-refractivity contribution < 1.29 is 13.2 Å². The lowest BCUT2D eigenvalue weighted by atomic mass is 9.90. The van der Waals surface area contributed by atoms with Crippen molar-refractivity contribution >= 4 is 0 Å². The quantitative estimate of drug-likeness (QED) is 0.822. The van der Waals surface area contributed by atoms with Crippen molar-refractivity contribution in [3.63, 3.8) is 0 Å². The summed E-state index contributed by atoms with van der Waals surface area (Å²) in [6, 6.07) is 0. The molecule has 0 N–H and O–H groups in total. The summed E-state index contributed by atoms with van der Waals surface area (Å²) in [6.45, 7) is 7.30. The second kappa shape index (κ2) is 4.66. The third-order valence-electron chi connectivity index (χ3n) is 2.44. The van der Waals surface area contributed by atoms with E-state index in [1.165, 1.54) is 0 Å². The molecule has 0 aromatic carbocycles. The van der Waals surface area contributed by atoms with Crippen LogP contribution < -0.4 is 0 Å². The Morgan fingerprint density at radius 2 is 1.76 bits per heavy atom. The van der Waals surface area contributed by atoms with Gasteiger partial charge in [-0.2, -0.15) is 13.2 Å². The van der Waals surface area contributed by atoms with Crippen molar-refractivity contribution in [2.45, 2.75) is 58.7 Å². The third kappa shape index (κ3) is 3.20. The molecule has 0 saturated heterocycles. The molecule has 1 heterocycles. The number of halogens is 3. The normalized spacial score (nSPS) is 13.1. The molecule has 0 bridgehead atoms. The molecule has 1 rings (SSSR count). The number of aryl methyl sites for hydroxylation is 1. The summed E-state index contributed by atoms with van der Waals surface area (Å²) in [6.07, 6.45) is -2.92. The zero-order chi connectivity index (χ0) is 13.3. The molecule has 0 spiro atoms. The van der Waals surface area contributed by atoms with Gasteiger partial charge in [0.05, 0.1) is 0 Å². The number of nitrogens with zero attached hydrogens (tertiary/aromatic N) is 3. The first-order chi connectivity index (χ1) is 7.68. The van der Waals surface area contributed by atoms with Gasteiger partial charge < -0.3 is 0 Å². The number of hydrogen-bond donors (Lipinski definition) is 0. The number of alkyl halides is 3. The Kier molecular flexibility index (Phi) is 3.84. The van der Waals surface area contributed by atoms with Crippen LogP contribution in [0, 0.1) is 0 Å². The minimum absolute atomic E-state index is 0.0149. The average Bonchev–Trinajstić information content (AvgIpc) is 2.56. The number of unbranched alkanes of at least 4 members (excludes halogenated alkanes) is 1. The van der Waals surface area contributed by atoms with E-state index in [2.05, 4.69) is 10.3 Å². The molecule has 0 radical (unpaired) electrons. The van der Waals surface area contributed by atoms with Crippen LogP contribution in [0.3, 0.4) is 0 Å². The third-order valence-corrected chi connectivity index (χ3v) is 2.44. The van der Waals surface area contributed by atoms with E-state index in [9.17, 15) is 13.2 Å². The molecule has 3 nitrogen and oxygen atoms in total. The summed E-state index contributed by atoms with van der Waals surface area (Å²) in [7, 11) is 0. The van der Waals surface area contributed by atoms with Crippen LogP contribution in [-0.4, -0.2) is 15.0 Å². The minimum Gasteiger partial charge on any atom is -0.240 e. The molecule has 0 unspecified atom stereocenters. The highest BCUT2D eigenvalue weighted by Gasteiger charge is 2.42. The van der Waals surface area contributed by atoms with Crippen molar-refractivity contribution in [1.29, 1.82) is 0 Å². The van der Waals surface area contributed by atoms with Gasteiger partial charge >= 0.3 is 6.18 Å². The van der Waals surface area contributed by atoms with Gasteiger partial charge in [-0.25, -0.2) is 4.68 Å². The van der Waals surface area contributed by atoms with Gasteiger partial charge in [-0.05, 0) is 6.42 Å². The monoisotopic (exact) mass is 249 g/mol. The topological polar surface area (TPSA) is 30.7 Å². The zero-order valence-electron chi connectivity index (χ0n) is 10.6. The summed E-state index contributed by atoms with van der Waals surface area (Å²) in [4.78, 5) is 0. The standard InChI is InChI=1S/C11H18F3N3/c1-5-6-7-17-9(11(12,13)14)8(15-16-17)10(2,3)4/h5-7H2,1-4H3. The lowest BCUT2D eigenvalue weighted by Gasteiger charge is -2.19. The second-order valence-corrected chi connectivity index (χ2v) is 5.11. The van der Waals surface area contributed by atoms with Gasteiger partial charge in [-0.3, -0.25) is 0 Å². The van der Waals surface area contributed by atoms with Crippen LogP contribution in [0.4, 0.5) is 13.2 Å². The smallest absolute Gasteiger partial charge is 0.240 e. The fourth-order valence-electron chi connectivity index (χ4n) is 1.56. The highest BCUT2D eigenvalue weighted by atomic mass is 19.4. The largest absolute Gasteiger partial charge is 0.434 e. The van der Waals surface area contributed by atoms with Crippen LogP contribution in [0.2, 0.25) is 0 Å². The molecule has 0 atom stereocenters. The SMILES string of the molecule is CCCCn1nnc(C(C)(C)C)c1C(F)(F)F. The van der Waals surface area contributed by atoms with E-state index >= 15 is 0 Å². The second-order valence-electron chi connectivity index (χ2n) is 5.11. The number of aromatic nitrogens is 3. The highest BCUT2D eigenvalue weighted by Crippen LogP contribution is 2.36. The molecule has 98 valence electrons. The summed E-state index contributed by atoms with van der Waals surface area (Å²) < 4.78 is 40.0. The minimum atomic E-state index is -4.40. The van der Waals surface area contributed by atoms with Gasteiger partial charge in [0.15, 0.2) is 5.69 Å². The Balaban J connectivity index is 3.21. The summed E-state index contributed by atoms with van der Waals surface area (Å²) in [5.74, 6) is 0. The van der Waals surface area contributed by atoms with Gasteiger partial charge in [0.2, 0.25) is 0 Å². The maximum absolute atomic E-state index is 13.0. The van der Waals surface area contributed by atoms with Gasteiger partial charge in [-0.1, -0.05) is 39.3 Å². The first-order valence-corrected chi connectivity index (χ1v) is 5.69. The molecule has 0 fully saturated rings. The molecular weight excluding hydrogens is 231 g/mol. The van der Waals surface area contributed by atoms with Crippen molar-refractivity contribution in [2.75, 3.05) is 0 Å². The van der Waals surface area contributed by atoms with E-state index < -0.39 is 17.3 Å². The maximum Gasteiger partial charge on any atom is 0.434 e. The predicted octanol–water partition coefficient (Wildman–Crippen LogP) is 3.39. The van der Waals surface area contributed by atoms with Gasteiger partial charge in [0.1, 0.15) is 5.69 Å². The number of rotatable bonds is 3. The van der Waals surface area contributed by atoms with Crippen LogP contribution in [0.15, 0.2) is 0 Å². The van der Waals surface area contributed by atoms with Crippen molar-refractivity contribution in [2.24, 2.45) is 0 Å². The molecule has 6 heteroatoms. The molecule has 0 aliphatic carbocycles. The van der Waals surface area contributed by atoms with E-state index in [0.29, 0.717) is 6.42 Å². The molecular formula is C11H18F3N3. The molecule has 0 aliphatic rings. The van der Waals surface area contributed by atoms with Crippen LogP contribution in [0.5, 0.6) is 0 Å². The summed E-state index contributed by atoms with van der Waals surface area (Å²) in [5, 5.41) is 7.33.